The van der Waals surface area contributed by atoms with Crippen molar-refractivity contribution in [1.29, 1.82) is 5.26 Å². The summed E-state index contributed by atoms with van der Waals surface area (Å²) >= 11 is 0. The Morgan fingerprint density at radius 1 is 1.08 bits per heavy atom. The van der Waals surface area contributed by atoms with Crippen LogP contribution in [0, 0.1) is 17.2 Å². The molecule has 1 amide bonds. The molecule has 3 rings (SSSR count). The second-order valence-electron chi connectivity index (χ2n) is 7.15. The maximum absolute atomic E-state index is 12.4. The van der Waals surface area contributed by atoms with Crippen molar-refractivity contribution in [2.24, 2.45) is 5.92 Å². The van der Waals surface area contributed by atoms with Crippen LogP contribution >= 0.6 is 0 Å². The SMILES string of the molecule is N#Cc1ccc(CN2CCN(C(=O)CCC3CCCC3)CC2)cc1. The molecule has 2 fully saturated rings. The summed E-state index contributed by atoms with van der Waals surface area (Å²) in [6.07, 6.45) is 7.18. The molecular weight excluding hydrogens is 298 g/mol. The molecule has 1 aliphatic heterocycles. The highest BCUT2D eigenvalue weighted by Crippen LogP contribution is 2.28. The van der Waals surface area contributed by atoms with Crippen LogP contribution in [0.1, 0.15) is 49.7 Å². The summed E-state index contributed by atoms with van der Waals surface area (Å²) in [4.78, 5) is 16.8. The van der Waals surface area contributed by atoms with Gasteiger partial charge in [-0.25, -0.2) is 0 Å². The first-order valence-electron chi connectivity index (χ1n) is 9.24. The van der Waals surface area contributed by atoms with E-state index in [1.807, 2.05) is 29.2 Å². The molecule has 1 aromatic rings. The normalized spacial score (nSPS) is 19.4. The van der Waals surface area contributed by atoms with Crippen molar-refractivity contribution in [2.45, 2.75) is 45.1 Å². The van der Waals surface area contributed by atoms with E-state index in [0.29, 0.717) is 11.5 Å². The summed E-state index contributed by atoms with van der Waals surface area (Å²) < 4.78 is 0. The summed E-state index contributed by atoms with van der Waals surface area (Å²) in [6, 6.07) is 9.95. The van der Waals surface area contributed by atoms with Gasteiger partial charge >= 0.3 is 0 Å². The maximum atomic E-state index is 12.4. The van der Waals surface area contributed by atoms with E-state index in [9.17, 15) is 4.79 Å². The van der Waals surface area contributed by atoms with Crippen molar-refractivity contribution in [3.63, 3.8) is 0 Å². The molecule has 1 aromatic carbocycles. The second kappa shape index (κ2) is 8.30. The number of nitrogens with zero attached hydrogens (tertiary/aromatic N) is 3. The van der Waals surface area contributed by atoms with Crippen LogP contribution in [-0.2, 0) is 11.3 Å². The van der Waals surface area contributed by atoms with Crippen molar-refractivity contribution in [3.05, 3.63) is 35.4 Å². The van der Waals surface area contributed by atoms with E-state index in [-0.39, 0.29) is 0 Å². The van der Waals surface area contributed by atoms with E-state index >= 15 is 0 Å². The molecule has 0 unspecified atom stereocenters. The second-order valence-corrected chi connectivity index (χ2v) is 7.15. The fourth-order valence-corrected chi connectivity index (χ4v) is 3.88. The lowest BCUT2D eigenvalue weighted by atomic mass is 10.0. The smallest absolute Gasteiger partial charge is 0.222 e. The van der Waals surface area contributed by atoms with Crippen LogP contribution < -0.4 is 0 Å². The van der Waals surface area contributed by atoms with Gasteiger partial charge in [0.2, 0.25) is 5.91 Å². The molecule has 4 nitrogen and oxygen atoms in total. The number of piperazine rings is 1. The minimum atomic E-state index is 0.347. The standard InChI is InChI=1S/C20H27N3O/c21-15-18-5-7-19(8-6-18)16-22-11-13-23(14-12-22)20(24)10-9-17-3-1-2-4-17/h5-8,17H,1-4,9-14,16H2. The minimum absolute atomic E-state index is 0.347. The third-order valence-electron chi connectivity index (χ3n) is 5.46. The molecule has 1 heterocycles. The van der Waals surface area contributed by atoms with Gasteiger partial charge in [0.15, 0.2) is 0 Å². The van der Waals surface area contributed by atoms with E-state index in [1.54, 1.807) is 0 Å². The molecule has 0 aromatic heterocycles. The number of hydrogen-bond donors (Lipinski definition) is 0. The quantitative estimate of drug-likeness (QED) is 0.835. The molecule has 1 aliphatic carbocycles. The number of benzene rings is 1. The van der Waals surface area contributed by atoms with Gasteiger partial charge in [0, 0.05) is 39.1 Å². The molecule has 24 heavy (non-hydrogen) atoms. The number of carbonyl (C=O) groups excluding carboxylic acids is 1. The molecule has 0 bridgehead atoms. The summed E-state index contributed by atoms with van der Waals surface area (Å²) in [5.41, 5.74) is 1.94. The van der Waals surface area contributed by atoms with Crippen molar-refractivity contribution in [3.8, 4) is 6.07 Å². The van der Waals surface area contributed by atoms with Gasteiger partial charge in [-0.05, 0) is 30.0 Å². The van der Waals surface area contributed by atoms with Gasteiger partial charge in [-0.1, -0.05) is 37.8 Å². The van der Waals surface area contributed by atoms with Gasteiger partial charge in [-0.15, -0.1) is 0 Å². The molecule has 0 spiro atoms. The topological polar surface area (TPSA) is 47.3 Å². The van der Waals surface area contributed by atoms with E-state index in [4.69, 9.17) is 5.26 Å². The zero-order valence-corrected chi connectivity index (χ0v) is 14.4. The number of nitriles is 1. The first-order valence-corrected chi connectivity index (χ1v) is 9.24. The average molecular weight is 325 g/mol. The summed E-state index contributed by atoms with van der Waals surface area (Å²) in [6.45, 7) is 4.47. The molecule has 0 atom stereocenters. The molecule has 0 N–H and O–H groups in total. The highest BCUT2D eigenvalue weighted by molar-refractivity contribution is 5.76. The van der Waals surface area contributed by atoms with Crippen LogP contribution in [0.4, 0.5) is 0 Å². The summed E-state index contributed by atoms with van der Waals surface area (Å²) in [5.74, 6) is 1.14. The van der Waals surface area contributed by atoms with Crippen LogP contribution in [0.2, 0.25) is 0 Å². The first kappa shape index (κ1) is 17.0. The number of hydrogen-bond acceptors (Lipinski definition) is 3. The number of amides is 1. The van der Waals surface area contributed by atoms with Crippen molar-refractivity contribution < 1.29 is 4.79 Å². The van der Waals surface area contributed by atoms with Gasteiger partial charge in [-0.3, -0.25) is 9.69 Å². The first-order chi connectivity index (χ1) is 11.7. The molecule has 4 heteroatoms. The Labute approximate surface area is 145 Å². The Bertz CT molecular complexity index is 576. The average Bonchev–Trinajstić information content (AvgIpc) is 3.14. The van der Waals surface area contributed by atoms with Crippen LogP contribution in [-0.4, -0.2) is 41.9 Å². The van der Waals surface area contributed by atoms with E-state index < -0.39 is 0 Å². The zero-order valence-electron chi connectivity index (χ0n) is 14.4. The van der Waals surface area contributed by atoms with E-state index in [1.165, 1.54) is 31.2 Å². The van der Waals surface area contributed by atoms with Gasteiger partial charge < -0.3 is 4.90 Å². The highest BCUT2D eigenvalue weighted by atomic mass is 16.2. The third kappa shape index (κ3) is 4.58. The molecule has 1 saturated heterocycles. The van der Waals surface area contributed by atoms with Crippen molar-refractivity contribution in [1.82, 2.24) is 9.80 Å². The summed E-state index contributed by atoms with van der Waals surface area (Å²) in [5, 5.41) is 8.85. The lowest BCUT2D eigenvalue weighted by Crippen LogP contribution is -2.48. The largest absolute Gasteiger partial charge is 0.340 e. The number of rotatable bonds is 5. The van der Waals surface area contributed by atoms with Crippen molar-refractivity contribution >= 4 is 5.91 Å². The van der Waals surface area contributed by atoms with Gasteiger partial charge in [-0.2, -0.15) is 5.26 Å². The van der Waals surface area contributed by atoms with Crippen LogP contribution in [0.15, 0.2) is 24.3 Å². The fourth-order valence-electron chi connectivity index (χ4n) is 3.88. The van der Waals surface area contributed by atoms with Gasteiger partial charge in [0.05, 0.1) is 11.6 Å². The molecular formula is C20H27N3O. The summed E-state index contributed by atoms with van der Waals surface area (Å²) in [7, 11) is 0. The lowest BCUT2D eigenvalue weighted by Gasteiger charge is -2.35. The monoisotopic (exact) mass is 325 g/mol. The Hall–Kier alpha value is -1.86. The van der Waals surface area contributed by atoms with E-state index in [0.717, 1.165) is 51.5 Å². The predicted octanol–water partition coefficient (Wildman–Crippen LogP) is 3.17. The Kier molecular flexibility index (Phi) is 5.87. The molecule has 128 valence electrons. The van der Waals surface area contributed by atoms with Crippen LogP contribution in [0.3, 0.4) is 0 Å². The maximum Gasteiger partial charge on any atom is 0.222 e. The van der Waals surface area contributed by atoms with E-state index in [2.05, 4.69) is 11.0 Å². The van der Waals surface area contributed by atoms with Gasteiger partial charge in [0.1, 0.15) is 0 Å². The highest BCUT2D eigenvalue weighted by Gasteiger charge is 2.22. The van der Waals surface area contributed by atoms with Gasteiger partial charge in [0.25, 0.3) is 0 Å². The third-order valence-corrected chi connectivity index (χ3v) is 5.46. The zero-order chi connectivity index (χ0) is 16.8. The fraction of sp³-hybridized carbons (Fsp3) is 0.600. The van der Waals surface area contributed by atoms with Crippen LogP contribution in [0.25, 0.3) is 0 Å². The van der Waals surface area contributed by atoms with Crippen LogP contribution in [0.5, 0.6) is 0 Å². The minimum Gasteiger partial charge on any atom is -0.340 e. The molecule has 1 saturated carbocycles. The molecule has 0 radical (unpaired) electrons. The number of carbonyl (C=O) groups is 1. The van der Waals surface area contributed by atoms with Crippen molar-refractivity contribution in [2.75, 3.05) is 26.2 Å². The Morgan fingerprint density at radius 3 is 2.38 bits per heavy atom. The molecule has 2 aliphatic rings. The lowest BCUT2D eigenvalue weighted by molar-refractivity contribution is -0.133. The predicted molar refractivity (Wildman–Crippen MR) is 94.2 cm³/mol. The Balaban J connectivity index is 1.39. The Morgan fingerprint density at radius 2 is 1.75 bits per heavy atom.